The van der Waals surface area contributed by atoms with Gasteiger partial charge in [0.05, 0.1) is 19.3 Å². The molecule has 1 aliphatic heterocycles. The van der Waals surface area contributed by atoms with E-state index >= 15 is 0 Å². The molecule has 1 rings (SSSR count). The van der Waals surface area contributed by atoms with Crippen molar-refractivity contribution in [2.75, 3.05) is 26.3 Å². The number of rotatable bonds is 7. The molecule has 1 aliphatic rings. The number of carbonyl (C=O) groups is 3. The molecule has 20 heavy (non-hydrogen) atoms. The summed E-state index contributed by atoms with van der Waals surface area (Å²) < 4.78 is 5.16. The zero-order valence-corrected chi connectivity index (χ0v) is 11.5. The van der Waals surface area contributed by atoms with Gasteiger partial charge in [0.1, 0.15) is 5.92 Å². The second kappa shape index (κ2) is 7.68. The van der Waals surface area contributed by atoms with Gasteiger partial charge < -0.3 is 25.8 Å². The van der Waals surface area contributed by atoms with Crippen LogP contribution in [0.3, 0.4) is 0 Å². The lowest BCUT2D eigenvalue weighted by Gasteiger charge is -2.29. The molecule has 114 valence electrons. The minimum absolute atomic E-state index is 0.117. The maximum atomic E-state index is 12.0. The van der Waals surface area contributed by atoms with Gasteiger partial charge in [-0.2, -0.15) is 0 Å². The highest BCUT2D eigenvalue weighted by Gasteiger charge is 2.39. The summed E-state index contributed by atoms with van der Waals surface area (Å²) in [5.41, 5.74) is 5.00. The van der Waals surface area contributed by atoms with Crippen molar-refractivity contribution in [2.45, 2.75) is 25.8 Å². The lowest BCUT2D eigenvalue weighted by molar-refractivity contribution is -0.142. The Bertz CT molecular complexity index is 374. The van der Waals surface area contributed by atoms with E-state index in [4.69, 9.17) is 15.6 Å². The molecule has 0 spiro atoms. The van der Waals surface area contributed by atoms with Crippen LogP contribution in [-0.4, -0.2) is 60.3 Å². The summed E-state index contributed by atoms with van der Waals surface area (Å²) in [4.78, 5) is 35.2. The fourth-order valence-electron chi connectivity index (χ4n) is 2.17. The monoisotopic (exact) mass is 287 g/mol. The van der Waals surface area contributed by atoms with Crippen LogP contribution in [0.1, 0.15) is 19.8 Å². The summed E-state index contributed by atoms with van der Waals surface area (Å²) >= 11 is 0. The van der Waals surface area contributed by atoms with Gasteiger partial charge in [0, 0.05) is 19.5 Å². The van der Waals surface area contributed by atoms with Gasteiger partial charge in [-0.15, -0.1) is 0 Å². The summed E-state index contributed by atoms with van der Waals surface area (Å²) in [5.74, 6) is -2.08. The van der Waals surface area contributed by atoms with E-state index in [0.717, 1.165) is 0 Å². The number of urea groups is 1. The maximum absolute atomic E-state index is 12.0. The molecule has 0 aromatic rings. The highest BCUT2D eigenvalue weighted by atomic mass is 16.5. The molecule has 4 N–H and O–H groups in total. The van der Waals surface area contributed by atoms with Gasteiger partial charge in [-0.3, -0.25) is 9.59 Å². The van der Waals surface area contributed by atoms with Gasteiger partial charge >= 0.3 is 12.0 Å². The molecule has 0 bridgehead atoms. The number of likely N-dealkylation sites (N-methyl/N-ethyl adjacent to an activating group) is 1. The first kappa shape index (κ1) is 16.2. The minimum Gasteiger partial charge on any atom is -0.481 e. The maximum Gasteiger partial charge on any atom is 0.317 e. The van der Waals surface area contributed by atoms with Crippen molar-refractivity contribution in [1.82, 2.24) is 10.2 Å². The standard InChI is InChI=1S/C12H21N3O5/c1-2-15(9-7-20-6-8(9)11(17)18)12(19)14-5-3-4-10(13)16/h8-9H,2-7H2,1H3,(H2,13,16)(H,14,19)(H,17,18). The van der Waals surface area contributed by atoms with Crippen molar-refractivity contribution in [2.24, 2.45) is 11.7 Å². The van der Waals surface area contributed by atoms with Crippen LogP contribution in [-0.2, 0) is 14.3 Å². The molecule has 0 radical (unpaired) electrons. The van der Waals surface area contributed by atoms with E-state index < -0.39 is 23.8 Å². The van der Waals surface area contributed by atoms with E-state index in [0.29, 0.717) is 19.5 Å². The van der Waals surface area contributed by atoms with E-state index in [1.54, 1.807) is 6.92 Å². The minimum atomic E-state index is -0.965. The number of amides is 3. The number of nitrogens with two attached hydrogens (primary N) is 1. The van der Waals surface area contributed by atoms with Gasteiger partial charge in [-0.1, -0.05) is 0 Å². The smallest absolute Gasteiger partial charge is 0.317 e. The Kier molecular flexibility index (Phi) is 6.23. The molecule has 0 aromatic heterocycles. The van der Waals surface area contributed by atoms with Gasteiger partial charge in [0.25, 0.3) is 0 Å². The quantitative estimate of drug-likeness (QED) is 0.539. The van der Waals surface area contributed by atoms with Crippen molar-refractivity contribution in [3.05, 3.63) is 0 Å². The molecule has 3 amide bonds. The van der Waals surface area contributed by atoms with Crippen LogP contribution in [0.5, 0.6) is 0 Å². The Hall–Kier alpha value is -1.83. The summed E-state index contributed by atoms with van der Waals surface area (Å²) in [6.07, 6.45) is 0.666. The molecule has 0 saturated carbocycles. The van der Waals surface area contributed by atoms with E-state index in [1.165, 1.54) is 4.90 Å². The predicted molar refractivity (Wildman–Crippen MR) is 69.9 cm³/mol. The highest BCUT2D eigenvalue weighted by molar-refractivity contribution is 5.77. The average Bonchev–Trinajstić information content (AvgIpc) is 2.84. The molecule has 0 aromatic carbocycles. The molecule has 2 atom stereocenters. The fourth-order valence-corrected chi connectivity index (χ4v) is 2.17. The van der Waals surface area contributed by atoms with Gasteiger partial charge in [-0.25, -0.2) is 4.79 Å². The Morgan fingerprint density at radius 3 is 2.65 bits per heavy atom. The van der Waals surface area contributed by atoms with Gasteiger partial charge in [0.15, 0.2) is 0 Å². The Labute approximate surface area is 117 Å². The molecule has 1 saturated heterocycles. The first-order valence-electron chi connectivity index (χ1n) is 6.60. The third kappa shape index (κ3) is 4.37. The molecular weight excluding hydrogens is 266 g/mol. The summed E-state index contributed by atoms with van der Waals surface area (Å²) in [7, 11) is 0. The number of nitrogens with one attached hydrogen (secondary N) is 1. The Balaban J connectivity index is 2.50. The lowest BCUT2D eigenvalue weighted by Crippen LogP contribution is -2.50. The van der Waals surface area contributed by atoms with E-state index in [2.05, 4.69) is 5.32 Å². The van der Waals surface area contributed by atoms with Crippen LogP contribution in [0.15, 0.2) is 0 Å². The number of hydrogen-bond acceptors (Lipinski definition) is 4. The van der Waals surface area contributed by atoms with Crippen LogP contribution in [0.25, 0.3) is 0 Å². The Morgan fingerprint density at radius 1 is 1.40 bits per heavy atom. The summed E-state index contributed by atoms with van der Waals surface area (Å²) in [6.45, 7) is 2.83. The van der Waals surface area contributed by atoms with E-state index in [9.17, 15) is 14.4 Å². The number of aliphatic carboxylic acids is 1. The largest absolute Gasteiger partial charge is 0.481 e. The SMILES string of the molecule is CCN(C(=O)NCCCC(N)=O)C1COCC1C(=O)O. The van der Waals surface area contributed by atoms with Crippen molar-refractivity contribution >= 4 is 17.9 Å². The lowest BCUT2D eigenvalue weighted by atomic mass is 10.0. The van der Waals surface area contributed by atoms with Crippen molar-refractivity contribution in [3.8, 4) is 0 Å². The van der Waals surface area contributed by atoms with Crippen molar-refractivity contribution < 1.29 is 24.2 Å². The van der Waals surface area contributed by atoms with Gasteiger partial charge in [0.2, 0.25) is 5.91 Å². The van der Waals surface area contributed by atoms with Crippen molar-refractivity contribution in [3.63, 3.8) is 0 Å². The third-order valence-electron chi connectivity index (χ3n) is 3.25. The molecule has 0 aliphatic carbocycles. The van der Waals surface area contributed by atoms with Crippen LogP contribution < -0.4 is 11.1 Å². The molecule has 8 nitrogen and oxygen atoms in total. The number of ether oxygens (including phenoxy) is 1. The van der Waals surface area contributed by atoms with Crippen LogP contribution in [0, 0.1) is 5.92 Å². The van der Waals surface area contributed by atoms with Crippen LogP contribution in [0.4, 0.5) is 4.79 Å². The second-order valence-electron chi connectivity index (χ2n) is 4.64. The number of nitrogens with zero attached hydrogens (tertiary/aromatic N) is 1. The topological polar surface area (TPSA) is 122 Å². The van der Waals surface area contributed by atoms with Gasteiger partial charge in [-0.05, 0) is 13.3 Å². The normalized spacial score (nSPS) is 21.4. The fraction of sp³-hybridized carbons (Fsp3) is 0.750. The first-order chi connectivity index (χ1) is 9.47. The molecule has 1 heterocycles. The van der Waals surface area contributed by atoms with Crippen LogP contribution >= 0.6 is 0 Å². The second-order valence-corrected chi connectivity index (χ2v) is 4.64. The highest BCUT2D eigenvalue weighted by Crippen LogP contribution is 2.20. The third-order valence-corrected chi connectivity index (χ3v) is 3.25. The summed E-state index contributed by atoms with van der Waals surface area (Å²) in [5, 5.41) is 11.8. The van der Waals surface area contributed by atoms with E-state index in [1.807, 2.05) is 0 Å². The van der Waals surface area contributed by atoms with E-state index in [-0.39, 0.29) is 25.7 Å². The number of carbonyl (C=O) groups excluding carboxylic acids is 2. The predicted octanol–water partition coefficient (Wildman–Crippen LogP) is -0.617. The molecule has 1 fully saturated rings. The number of primary amides is 1. The average molecular weight is 287 g/mol. The summed E-state index contributed by atoms with van der Waals surface area (Å²) in [6, 6.07) is -0.813. The number of carboxylic acid groups (broad SMARTS) is 1. The molecular formula is C12H21N3O5. The molecule has 2 unspecified atom stereocenters. The molecule has 8 heteroatoms. The first-order valence-corrected chi connectivity index (χ1v) is 6.60. The zero-order chi connectivity index (χ0) is 15.1. The van der Waals surface area contributed by atoms with Crippen LogP contribution in [0.2, 0.25) is 0 Å². The van der Waals surface area contributed by atoms with Crippen molar-refractivity contribution in [1.29, 1.82) is 0 Å². The zero-order valence-electron chi connectivity index (χ0n) is 11.5. The number of carboxylic acids is 1. The number of hydrogen-bond donors (Lipinski definition) is 3. The Morgan fingerprint density at radius 2 is 2.10 bits per heavy atom.